The molecule has 6 nitrogen and oxygen atoms in total. The molecular weight excluding hydrogens is 477 g/mol. The second-order valence-corrected chi connectivity index (χ2v) is 8.82. The summed E-state index contributed by atoms with van der Waals surface area (Å²) in [5.41, 5.74) is 3.05. The van der Waals surface area contributed by atoms with Gasteiger partial charge in [0.1, 0.15) is 18.2 Å². The molecule has 0 unspecified atom stereocenters. The molecule has 174 valence electrons. The maximum Gasteiger partial charge on any atom is 0.231 e. The predicted octanol–water partition coefficient (Wildman–Crippen LogP) is 5.98. The molecule has 0 atom stereocenters. The van der Waals surface area contributed by atoms with Crippen molar-refractivity contribution in [2.45, 2.75) is 13.1 Å². The first-order chi connectivity index (χ1) is 16.5. The van der Waals surface area contributed by atoms with Crippen molar-refractivity contribution in [3.05, 3.63) is 86.6 Å². The van der Waals surface area contributed by atoms with Crippen molar-refractivity contribution in [1.29, 1.82) is 0 Å². The van der Waals surface area contributed by atoms with Gasteiger partial charge in [-0.05, 0) is 53.6 Å². The third-order valence-corrected chi connectivity index (χ3v) is 6.35. The lowest BCUT2D eigenvalue weighted by Crippen LogP contribution is -2.31. The summed E-state index contributed by atoms with van der Waals surface area (Å²) < 4.78 is 22.8. The highest BCUT2D eigenvalue weighted by Gasteiger charge is 2.33. The van der Waals surface area contributed by atoms with Gasteiger partial charge in [-0.3, -0.25) is 9.69 Å². The highest BCUT2D eigenvalue weighted by atomic mass is 35.5. The van der Waals surface area contributed by atoms with Gasteiger partial charge in [0, 0.05) is 23.1 Å². The van der Waals surface area contributed by atoms with Crippen LogP contribution in [0, 0.1) is 0 Å². The summed E-state index contributed by atoms with van der Waals surface area (Å²) in [6.45, 7) is 1.60. The molecule has 5 rings (SSSR count). The Kier molecular flexibility index (Phi) is 6.13. The van der Waals surface area contributed by atoms with E-state index in [4.69, 9.17) is 42.1 Å². The molecule has 2 aliphatic heterocycles. The number of rotatable bonds is 5. The lowest BCUT2D eigenvalue weighted by molar-refractivity contribution is 0.0872. The lowest BCUT2D eigenvalue weighted by atomic mass is 10.0. The number of ketones is 1. The first kappa shape index (κ1) is 22.6. The van der Waals surface area contributed by atoms with Gasteiger partial charge < -0.3 is 18.9 Å². The first-order valence-corrected chi connectivity index (χ1v) is 11.3. The monoisotopic (exact) mass is 497 g/mol. The molecule has 34 heavy (non-hydrogen) atoms. The Labute approximate surface area is 207 Å². The Morgan fingerprint density at radius 2 is 1.85 bits per heavy atom. The van der Waals surface area contributed by atoms with E-state index in [-0.39, 0.29) is 11.5 Å². The number of hydrogen-bond acceptors (Lipinski definition) is 6. The van der Waals surface area contributed by atoms with Crippen LogP contribution in [0.25, 0.3) is 6.08 Å². The number of fused-ring (bicyclic) bond motifs is 3. The summed E-state index contributed by atoms with van der Waals surface area (Å²) in [5.74, 6) is 2.60. The van der Waals surface area contributed by atoms with Crippen LogP contribution >= 0.6 is 23.2 Å². The van der Waals surface area contributed by atoms with Gasteiger partial charge in [0.2, 0.25) is 5.78 Å². The average molecular weight is 498 g/mol. The van der Waals surface area contributed by atoms with Crippen LogP contribution in [0.15, 0.2) is 54.3 Å². The van der Waals surface area contributed by atoms with Crippen molar-refractivity contribution in [2.24, 2.45) is 0 Å². The highest BCUT2D eigenvalue weighted by Crippen LogP contribution is 2.42. The molecule has 0 bridgehead atoms. The van der Waals surface area contributed by atoms with E-state index < -0.39 is 0 Å². The number of nitrogens with zero attached hydrogens (tertiary/aromatic N) is 1. The minimum Gasteiger partial charge on any atom is -0.493 e. The number of carbonyl (C=O) groups excluding carboxylic acids is 1. The minimum absolute atomic E-state index is 0.194. The topological polar surface area (TPSA) is 57.2 Å². The number of halogens is 2. The number of allylic oxidation sites excluding steroid dienone is 1. The van der Waals surface area contributed by atoms with Crippen molar-refractivity contribution >= 4 is 35.1 Å². The fraction of sp³-hybridized carbons (Fsp3) is 0.192. The number of Topliss-reactive ketones (excluding diaryl/α,β-unsaturated/α-hetero) is 1. The van der Waals surface area contributed by atoms with Gasteiger partial charge >= 0.3 is 0 Å². The van der Waals surface area contributed by atoms with E-state index >= 15 is 0 Å². The lowest BCUT2D eigenvalue weighted by Gasteiger charge is -2.29. The number of benzene rings is 3. The van der Waals surface area contributed by atoms with Gasteiger partial charge in [0.05, 0.1) is 25.3 Å². The molecule has 0 radical (unpaired) electrons. The van der Waals surface area contributed by atoms with Gasteiger partial charge in [0.15, 0.2) is 17.3 Å². The van der Waals surface area contributed by atoms with E-state index in [9.17, 15) is 4.79 Å². The molecule has 0 saturated heterocycles. The van der Waals surface area contributed by atoms with Crippen molar-refractivity contribution in [2.75, 3.05) is 21.0 Å². The molecule has 8 heteroatoms. The smallest absolute Gasteiger partial charge is 0.231 e. The van der Waals surface area contributed by atoms with Crippen molar-refractivity contribution in [1.82, 2.24) is 4.90 Å². The minimum atomic E-state index is -0.194. The van der Waals surface area contributed by atoms with E-state index in [0.29, 0.717) is 64.0 Å². The van der Waals surface area contributed by atoms with E-state index in [2.05, 4.69) is 4.90 Å². The molecule has 0 aromatic heterocycles. The van der Waals surface area contributed by atoms with Crippen molar-refractivity contribution in [3.63, 3.8) is 0 Å². The molecule has 0 saturated carbocycles. The van der Waals surface area contributed by atoms with Gasteiger partial charge in [0.25, 0.3) is 0 Å². The molecule has 0 fully saturated rings. The fourth-order valence-corrected chi connectivity index (χ4v) is 4.57. The number of carbonyl (C=O) groups is 1. The summed E-state index contributed by atoms with van der Waals surface area (Å²) >= 11 is 12.3. The van der Waals surface area contributed by atoms with E-state index in [1.54, 1.807) is 44.6 Å². The molecule has 0 aliphatic carbocycles. The van der Waals surface area contributed by atoms with E-state index in [1.165, 1.54) is 0 Å². The van der Waals surface area contributed by atoms with Crippen LogP contribution in [0.2, 0.25) is 10.0 Å². The predicted molar refractivity (Wildman–Crippen MR) is 130 cm³/mol. The van der Waals surface area contributed by atoms with Crippen LogP contribution in [-0.4, -0.2) is 31.6 Å². The van der Waals surface area contributed by atoms with E-state index in [1.807, 2.05) is 24.3 Å². The molecule has 0 spiro atoms. The largest absolute Gasteiger partial charge is 0.493 e. The Morgan fingerprint density at radius 3 is 2.62 bits per heavy atom. The van der Waals surface area contributed by atoms with Crippen LogP contribution in [0.5, 0.6) is 23.0 Å². The zero-order valence-electron chi connectivity index (χ0n) is 18.6. The van der Waals surface area contributed by atoms with Gasteiger partial charge in [-0.25, -0.2) is 0 Å². The van der Waals surface area contributed by atoms with Gasteiger partial charge in [-0.1, -0.05) is 35.3 Å². The van der Waals surface area contributed by atoms with Crippen molar-refractivity contribution < 1.29 is 23.7 Å². The fourth-order valence-electron chi connectivity index (χ4n) is 4.10. The zero-order chi connectivity index (χ0) is 23.8. The maximum atomic E-state index is 13.0. The van der Waals surface area contributed by atoms with Crippen LogP contribution in [0.4, 0.5) is 0 Å². The molecule has 3 aromatic carbocycles. The highest BCUT2D eigenvalue weighted by molar-refractivity contribution is 6.35. The van der Waals surface area contributed by atoms with Crippen molar-refractivity contribution in [3.8, 4) is 23.0 Å². The molecular formula is C26H21Cl2NO5. The molecule has 0 amide bonds. The summed E-state index contributed by atoms with van der Waals surface area (Å²) in [7, 11) is 3.22. The number of methoxy groups -OCH3 is 2. The quantitative estimate of drug-likeness (QED) is 0.404. The van der Waals surface area contributed by atoms with Crippen LogP contribution < -0.4 is 18.9 Å². The Hall–Kier alpha value is -3.19. The molecule has 0 N–H and O–H groups in total. The third kappa shape index (κ3) is 4.20. The standard InChI is InChI=1S/C26H21Cl2NO5/c1-31-22-7-3-15(9-23(22)32-2)12-29-13-19-21(33-14-29)8-6-18-25(30)24(34-26(18)19)10-16-4-5-17(27)11-20(16)28/h3-11H,12-14H2,1-2H3/b24-10-. The molecule has 3 aromatic rings. The number of ether oxygens (including phenoxy) is 4. The van der Waals surface area contributed by atoms with Crippen LogP contribution in [0.3, 0.4) is 0 Å². The Balaban J connectivity index is 1.40. The van der Waals surface area contributed by atoms with E-state index in [0.717, 1.165) is 11.1 Å². The molecule has 2 heterocycles. The van der Waals surface area contributed by atoms with Crippen LogP contribution in [0.1, 0.15) is 27.0 Å². The third-order valence-electron chi connectivity index (χ3n) is 5.79. The Morgan fingerprint density at radius 1 is 1.03 bits per heavy atom. The zero-order valence-corrected chi connectivity index (χ0v) is 20.1. The first-order valence-electron chi connectivity index (χ1n) is 10.6. The second-order valence-electron chi connectivity index (χ2n) is 7.97. The molecule has 2 aliphatic rings. The number of hydrogen-bond donors (Lipinski definition) is 0. The SMILES string of the molecule is COc1ccc(CN2COc3ccc4c(c3C2)O/C(=C\c2ccc(Cl)cc2Cl)C4=O)cc1OC. The summed E-state index contributed by atoms with van der Waals surface area (Å²) in [6, 6.07) is 14.5. The maximum absolute atomic E-state index is 13.0. The Bertz CT molecular complexity index is 1320. The average Bonchev–Trinajstić information content (AvgIpc) is 3.16. The van der Waals surface area contributed by atoms with Crippen LogP contribution in [-0.2, 0) is 13.1 Å². The summed E-state index contributed by atoms with van der Waals surface area (Å²) in [4.78, 5) is 15.1. The second kappa shape index (κ2) is 9.22. The van der Waals surface area contributed by atoms with Gasteiger partial charge in [-0.15, -0.1) is 0 Å². The summed E-state index contributed by atoms with van der Waals surface area (Å²) in [5, 5.41) is 0.966. The summed E-state index contributed by atoms with van der Waals surface area (Å²) in [6.07, 6.45) is 1.64. The normalized spacial score (nSPS) is 16.0. The van der Waals surface area contributed by atoms with Gasteiger partial charge in [-0.2, -0.15) is 0 Å².